The third kappa shape index (κ3) is 2.86. The van der Waals surface area contributed by atoms with Crippen molar-refractivity contribution >= 4 is 28.4 Å². The summed E-state index contributed by atoms with van der Waals surface area (Å²) in [5.41, 5.74) is 7.69. The first-order valence-corrected chi connectivity index (χ1v) is 9.10. The highest BCUT2D eigenvalue weighted by Crippen LogP contribution is 2.32. The molecule has 150 valence electrons. The lowest BCUT2D eigenvalue weighted by Gasteiger charge is -2.06. The zero-order valence-corrected chi connectivity index (χ0v) is 16.2. The number of carbonyl (C=O) groups excluding carboxylic acids is 2. The van der Waals surface area contributed by atoms with Crippen LogP contribution in [-0.4, -0.2) is 21.3 Å². The maximum absolute atomic E-state index is 13.2. The number of aromatic nitrogens is 1. The summed E-state index contributed by atoms with van der Waals surface area (Å²) < 4.78 is 7.15. The molecule has 0 aliphatic carbocycles. The van der Waals surface area contributed by atoms with Crippen molar-refractivity contribution in [2.45, 2.75) is 13.8 Å². The SMILES string of the molecule is Cc1c(-c2ccc(C(=O)n3c(C)c(C(N)=O)c4ccccc43)o2)cccc1[N+](=O)[O-]. The Hall–Kier alpha value is -4.20. The molecule has 2 aromatic heterocycles. The lowest BCUT2D eigenvalue weighted by Crippen LogP contribution is -2.16. The van der Waals surface area contributed by atoms with Crippen molar-refractivity contribution in [3.8, 4) is 11.3 Å². The van der Waals surface area contributed by atoms with E-state index < -0.39 is 16.7 Å². The van der Waals surface area contributed by atoms with E-state index in [1.165, 1.54) is 16.7 Å². The summed E-state index contributed by atoms with van der Waals surface area (Å²) in [5, 5.41) is 11.8. The maximum atomic E-state index is 13.2. The van der Waals surface area contributed by atoms with Gasteiger partial charge in [0, 0.05) is 28.3 Å². The third-order valence-corrected chi connectivity index (χ3v) is 5.15. The van der Waals surface area contributed by atoms with Crippen LogP contribution in [0.1, 0.15) is 32.2 Å². The van der Waals surface area contributed by atoms with Crippen LogP contribution in [0.2, 0.25) is 0 Å². The Labute approximate surface area is 170 Å². The van der Waals surface area contributed by atoms with Crippen molar-refractivity contribution in [1.29, 1.82) is 0 Å². The van der Waals surface area contributed by atoms with Gasteiger partial charge in [-0.05, 0) is 32.0 Å². The molecule has 0 saturated heterocycles. The van der Waals surface area contributed by atoms with Crippen LogP contribution < -0.4 is 5.73 Å². The van der Waals surface area contributed by atoms with Crippen LogP contribution in [0.25, 0.3) is 22.2 Å². The summed E-state index contributed by atoms with van der Waals surface area (Å²) >= 11 is 0. The average Bonchev–Trinajstić information content (AvgIpc) is 3.29. The normalized spacial score (nSPS) is 11.0. The van der Waals surface area contributed by atoms with Crippen molar-refractivity contribution in [2.75, 3.05) is 0 Å². The van der Waals surface area contributed by atoms with Gasteiger partial charge in [0.25, 0.3) is 17.5 Å². The van der Waals surface area contributed by atoms with Gasteiger partial charge in [0.1, 0.15) is 5.76 Å². The van der Waals surface area contributed by atoms with Gasteiger partial charge in [-0.15, -0.1) is 0 Å². The molecule has 4 rings (SSSR count). The lowest BCUT2D eigenvalue weighted by molar-refractivity contribution is -0.385. The second-order valence-corrected chi connectivity index (χ2v) is 6.85. The monoisotopic (exact) mass is 403 g/mol. The first-order chi connectivity index (χ1) is 14.3. The molecular formula is C22H17N3O5. The Morgan fingerprint density at radius 3 is 2.47 bits per heavy atom. The van der Waals surface area contributed by atoms with E-state index in [1.54, 1.807) is 56.3 Å². The summed E-state index contributed by atoms with van der Waals surface area (Å²) in [6, 6.07) is 14.7. The fraction of sp³-hybridized carbons (Fsp3) is 0.0909. The highest BCUT2D eigenvalue weighted by Gasteiger charge is 2.25. The molecule has 0 fully saturated rings. The summed E-state index contributed by atoms with van der Waals surface area (Å²) in [6.07, 6.45) is 0. The van der Waals surface area contributed by atoms with E-state index in [-0.39, 0.29) is 17.0 Å². The van der Waals surface area contributed by atoms with Crippen molar-refractivity contribution in [2.24, 2.45) is 5.73 Å². The Morgan fingerprint density at radius 1 is 1.03 bits per heavy atom. The molecule has 0 atom stereocenters. The summed E-state index contributed by atoms with van der Waals surface area (Å²) in [4.78, 5) is 35.9. The minimum atomic E-state index is -0.623. The Balaban J connectivity index is 1.82. The first kappa shape index (κ1) is 19.1. The van der Waals surface area contributed by atoms with Crippen LogP contribution in [0.4, 0.5) is 5.69 Å². The summed E-state index contributed by atoms with van der Waals surface area (Å²) in [6.45, 7) is 3.27. The molecule has 8 heteroatoms. The third-order valence-electron chi connectivity index (χ3n) is 5.15. The lowest BCUT2D eigenvalue weighted by atomic mass is 10.1. The van der Waals surface area contributed by atoms with Gasteiger partial charge in [-0.2, -0.15) is 0 Å². The van der Waals surface area contributed by atoms with Crippen molar-refractivity contribution < 1.29 is 18.9 Å². The van der Waals surface area contributed by atoms with Crippen LogP contribution in [-0.2, 0) is 0 Å². The number of nitro benzene ring substituents is 1. The van der Waals surface area contributed by atoms with E-state index in [4.69, 9.17) is 10.2 Å². The molecule has 8 nitrogen and oxygen atoms in total. The predicted octanol–water partition coefficient (Wildman–Crippen LogP) is 4.21. The topological polar surface area (TPSA) is 121 Å². The van der Waals surface area contributed by atoms with Crippen LogP contribution >= 0.6 is 0 Å². The van der Waals surface area contributed by atoms with Gasteiger partial charge >= 0.3 is 0 Å². The number of nitro groups is 1. The average molecular weight is 403 g/mol. The van der Waals surface area contributed by atoms with Gasteiger partial charge < -0.3 is 10.2 Å². The molecule has 0 radical (unpaired) electrons. The number of carbonyl (C=O) groups is 2. The highest BCUT2D eigenvalue weighted by atomic mass is 16.6. The second kappa shape index (κ2) is 7.00. The molecule has 0 spiro atoms. The van der Waals surface area contributed by atoms with Gasteiger partial charge in [-0.25, -0.2) is 0 Å². The number of hydrogen-bond donors (Lipinski definition) is 1. The highest BCUT2D eigenvalue weighted by molar-refractivity contribution is 6.12. The summed E-state index contributed by atoms with van der Waals surface area (Å²) in [7, 11) is 0. The molecule has 0 aliphatic rings. The number of amides is 1. The smallest absolute Gasteiger partial charge is 0.298 e. The number of furan rings is 1. The number of hydrogen-bond acceptors (Lipinski definition) is 5. The van der Waals surface area contributed by atoms with E-state index >= 15 is 0 Å². The minimum absolute atomic E-state index is 0.0323. The first-order valence-electron chi connectivity index (χ1n) is 9.10. The van der Waals surface area contributed by atoms with E-state index in [0.717, 1.165) is 0 Å². The molecule has 0 saturated carbocycles. The summed E-state index contributed by atoms with van der Waals surface area (Å²) in [5.74, 6) is -0.715. The van der Waals surface area contributed by atoms with Crippen LogP contribution in [0.15, 0.2) is 59.0 Å². The number of fused-ring (bicyclic) bond motifs is 1. The van der Waals surface area contributed by atoms with Crippen molar-refractivity contribution in [3.05, 3.63) is 87.3 Å². The molecule has 0 aliphatic heterocycles. The molecule has 30 heavy (non-hydrogen) atoms. The standard InChI is InChI=1S/C22H17N3O5/c1-12-14(7-5-9-16(12)25(28)29)18-10-11-19(30-18)22(27)24-13(2)20(21(23)26)15-6-3-4-8-17(15)24/h3-11H,1-2H3,(H2,23,26). The number of para-hydroxylation sites is 1. The number of primary amides is 1. The number of rotatable bonds is 4. The second-order valence-electron chi connectivity index (χ2n) is 6.85. The van der Waals surface area contributed by atoms with Gasteiger partial charge in [-0.1, -0.05) is 30.3 Å². The van der Waals surface area contributed by atoms with Crippen molar-refractivity contribution in [1.82, 2.24) is 4.57 Å². The zero-order chi connectivity index (χ0) is 21.6. The Morgan fingerprint density at radius 2 is 1.77 bits per heavy atom. The van der Waals surface area contributed by atoms with E-state index in [0.29, 0.717) is 33.5 Å². The van der Waals surface area contributed by atoms with Gasteiger partial charge in [-0.3, -0.25) is 24.3 Å². The largest absolute Gasteiger partial charge is 0.451 e. The number of nitrogens with two attached hydrogens (primary N) is 1. The molecule has 2 heterocycles. The van der Waals surface area contributed by atoms with Crippen LogP contribution in [0, 0.1) is 24.0 Å². The zero-order valence-electron chi connectivity index (χ0n) is 16.2. The fourth-order valence-corrected chi connectivity index (χ4v) is 3.74. The van der Waals surface area contributed by atoms with E-state index in [9.17, 15) is 19.7 Å². The molecule has 1 amide bonds. The van der Waals surface area contributed by atoms with Crippen LogP contribution in [0.5, 0.6) is 0 Å². The van der Waals surface area contributed by atoms with E-state index in [2.05, 4.69) is 0 Å². The van der Waals surface area contributed by atoms with Gasteiger partial charge in [0.2, 0.25) is 0 Å². The van der Waals surface area contributed by atoms with Gasteiger partial charge in [0.05, 0.1) is 16.0 Å². The molecule has 2 N–H and O–H groups in total. The predicted molar refractivity (Wildman–Crippen MR) is 110 cm³/mol. The maximum Gasteiger partial charge on any atom is 0.298 e. The molecular weight excluding hydrogens is 386 g/mol. The molecule has 2 aromatic carbocycles. The van der Waals surface area contributed by atoms with Crippen LogP contribution in [0.3, 0.4) is 0 Å². The fourth-order valence-electron chi connectivity index (χ4n) is 3.74. The molecule has 4 aromatic rings. The van der Waals surface area contributed by atoms with E-state index in [1.807, 2.05) is 0 Å². The molecule has 0 bridgehead atoms. The number of benzene rings is 2. The molecule has 0 unspecified atom stereocenters. The van der Waals surface area contributed by atoms with Gasteiger partial charge in [0.15, 0.2) is 5.76 Å². The minimum Gasteiger partial charge on any atom is -0.451 e. The Bertz CT molecular complexity index is 1350. The Kier molecular flexibility index (Phi) is 4.46. The quantitative estimate of drug-likeness (QED) is 0.404. The van der Waals surface area contributed by atoms with Crippen molar-refractivity contribution in [3.63, 3.8) is 0 Å². The number of nitrogens with zero attached hydrogens (tertiary/aromatic N) is 2.